The summed E-state index contributed by atoms with van der Waals surface area (Å²) in [6, 6.07) is 6.07. The van der Waals surface area contributed by atoms with Crippen LogP contribution in [-0.2, 0) is 14.3 Å². The van der Waals surface area contributed by atoms with Crippen molar-refractivity contribution in [2.75, 3.05) is 11.9 Å². The van der Waals surface area contributed by atoms with Gasteiger partial charge in [0.15, 0.2) is 0 Å². The molecule has 0 aliphatic heterocycles. The van der Waals surface area contributed by atoms with E-state index in [1.54, 1.807) is 32.9 Å². The predicted molar refractivity (Wildman–Crippen MR) is 101 cm³/mol. The van der Waals surface area contributed by atoms with Gasteiger partial charge >= 0.3 is 12.0 Å². The molecule has 1 aromatic carbocycles. The number of aryl methyl sites for hydroxylation is 1. The van der Waals surface area contributed by atoms with Gasteiger partial charge < -0.3 is 20.7 Å². The van der Waals surface area contributed by atoms with Gasteiger partial charge in [-0.05, 0) is 46.2 Å². The number of hydrogen-bond donors (Lipinski definition) is 3. The molecule has 0 heterocycles. The van der Waals surface area contributed by atoms with Crippen molar-refractivity contribution >= 4 is 23.6 Å². The smallest absolute Gasteiger partial charge is 0.329 e. The fourth-order valence-electron chi connectivity index (χ4n) is 2.13. The third kappa shape index (κ3) is 8.50. The summed E-state index contributed by atoms with van der Waals surface area (Å²) in [6.45, 7) is 8.94. The summed E-state index contributed by atoms with van der Waals surface area (Å²) >= 11 is 0. The quantitative estimate of drug-likeness (QED) is 0.649. The van der Waals surface area contributed by atoms with Crippen LogP contribution >= 0.6 is 0 Å². The zero-order valence-electron chi connectivity index (χ0n) is 16.1. The molecule has 0 aliphatic rings. The summed E-state index contributed by atoms with van der Waals surface area (Å²) in [5.74, 6) is -0.926. The van der Waals surface area contributed by atoms with E-state index in [0.29, 0.717) is 18.5 Å². The molecule has 0 spiro atoms. The predicted octanol–water partition coefficient (Wildman–Crippen LogP) is 2.74. The van der Waals surface area contributed by atoms with Crippen LogP contribution in [0.25, 0.3) is 0 Å². The molecular formula is C19H29N3O4. The largest absolute Gasteiger partial charge is 0.458 e. The molecule has 0 fully saturated rings. The number of anilines is 1. The maximum atomic E-state index is 12.2. The van der Waals surface area contributed by atoms with Crippen molar-refractivity contribution < 1.29 is 19.1 Å². The minimum absolute atomic E-state index is 0.235. The molecule has 1 rings (SSSR count). The molecule has 3 amide bonds. The van der Waals surface area contributed by atoms with Crippen LogP contribution in [-0.4, -0.2) is 36.1 Å². The Labute approximate surface area is 154 Å². The number of hydrogen-bond acceptors (Lipinski definition) is 4. The van der Waals surface area contributed by atoms with Crippen LogP contribution in [0.5, 0.6) is 0 Å². The second-order valence-corrected chi connectivity index (χ2v) is 7.12. The van der Waals surface area contributed by atoms with E-state index in [0.717, 1.165) is 5.56 Å². The van der Waals surface area contributed by atoms with Gasteiger partial charge in [0.05, 0.1) is 6.54 Å². The van der Waals surface area contributed by atoms with E-state index in [1.807, 2.05) is 26.0 Å². The van der Waals surface area contributed by atoms with E-state index in [9.17, 15) is 14.4 Å². The number of esters is 1. The highest BCUT2D eigenvalue weighted by Crippen LogP contribution is 2.11. The maximum Gasteiger partial charge on any atom is 0.329 e. The van der Waals surface area contributed by atoms with E-state index >= 15 is 0 Å². The zero-order valence-corrected chi connectivity index (χ0v) is 16.1. The molecule has 0 aromatic heterocycles. The van der Waals surface area contributed by atoms with E-state index in [-0.39, 0.29) is 6.54 Å². The number of nitrogens with one attached hydrogen (secondary N) is 3. The van der Waals surface area contributed by atoms with Gasteiger partial charge in [-0.25, -0.2) is 9.59 Å². The molecule has 0 radical (unpaired) electrons. The number of benzene rings is 1. The van der Waals surface area contributed by atoms with Gasteiger partial charge in [0, 0.05) is 5.69 Å². The van der Waals surface area contributed by atoms with Crippen molar-refractivity contribution in [3.8, 4) is 0 Å². The van der Waals surface area contributed by atoms with Crippen LogP contribution in [0.4, 0.5) is 10.5 Å². The van der Waals surface area contributed by atoms with Crippen LogP contribution in [0.2, 0.25) is 0 Å². The highest BCUT2D eigenvalue weighted by atomic mass is 16.6. The lowest BCUT2D eigenvalue weighted by Gasteiger charge is -2.24. The first kappa shape index (κ1) is 21.5. The van der Waals surface area contributed by atoms with Gasteiger partial charge in [-0.15, -0.1) is 0 Å². The van der Waals surface area contributed by atoms with E-state index in [2.05, 4.69) is 16.0 Å². The summed E-state index contributed by atoms with van der Waals surface area (Å²) in [7, 11) is 0. The van der Waals surface area contributed by atoms with Crippen molar-refractivity contribution in [3.63, 3.8) is 0 Å². The van der Waals surface area contributed by atoms with Gasteiger partial charge in [0.2, 0.25) is 5.91 Å². The molecule has 0 aliphatic carbocycles. The van der Waals surface area contributed by atoms with Gasteiger partial charge in [-0.2, -0.15) is 0 Å². The van der Waals surface area contributed by atoms with Crippen LogP contribution in [0.1, 0.15) is 46.1 Å². The lowest BCUT2D eigenvalue weighted by molar-refractivity contribution is -0.158. The van der Waals surface area contributed by atoms with Crippen LogP contribution in [0.3, 0.4) is 0 Å². The summed E-state index contributed by atoms with van der Waals surface area (Å²) in [5.41, 5.74) is 1.09. The Morgan fingerprint density at radius 1 is 1.12 bits per heavy atom. The minimum atomic E-state index is -0.728. The Bertz CT molecular complexity index is 621. The Balaban J connectivity index is 2.48. The molecule has 144 valence electrons. The summed E-state index contributed by atoms with van der Waals surface area (Å²) in [5, 5.41) is 7.71. The molecule has 0 unspecified atom stereocenters. The van der Waals surface area contributed by atoms with E-state index < -0.39 is 29.6 Å². The number of amides is 3. The molecule has 0 saturated heterocycles. The molecule has 1 atom stereocenters. The monoisotopic (exact) mass is 363 g/mol. The summed E-state index contributed by atoms with van der Waals surface area (Å²) in [4.78, 5) is 36.0. The van der Waals surface area contributed by atoms with E-state index in [1.165, 1.54) is 0 Å². The lowest BCUT2D eigenvalue weighted by Crippen LogP contribution is -2.47. The molecule has 26 heavy (non-hydrogen) atoms. The van der Waals surface area contributed by atoms with Crippen molar-refractivity contribution in [1.82, 2.24) is 10.6 Å². The van der Waals surface area contributed by atoms with Gasteiger partial charge in [-0.3, -0.25) is 4.79 Å². The van der Waals surface area contributed by atoms with Crippen LogP contribution in [0.15, 0.2) is 24.3 Å². The van der Waals surface area contributed by atoms with Crippen LogP contribution < -0.4 is 16.0 Å². The first-order valence-electron chi connectivity index (χ1n) is 8.74. The fraction of sp³-hybridized carbons (Fsp3) is 0.526. The molecule has 0 bridgehead atoms. The highest BCUT2D eigenvalue weighted by Gasteiger charge is 2.25. The van der Waals surface area contributed by atoms with Crippen molar-refractivity contribution in [2.45, 2.75) is 59.1 Å². The first-order chi connectivity index (χ1) is 12.1. The maximum absolute atomic E-state index is 12.2. The average molecular weight is 363 g/mol. The third-order valence-electron chi connectivity index (χ3n) is 3.32. The molecule has 3 N–H and O–H groups in total. The number of ether oxygens (including phenoxy) is 1. The second kappa shape index (κ2) is 9.79. The topological polar surface area (TPSA) is 96.5 Å². The minimum Gasteiger partial charge on any atom is -0.458 e. The van der Waals surface area contributed by atoms with Gasteiger partial charge in [0.1, 0.15) is 11.6 Å². The zero-order chi connectivity index (χ0) is 19.7. The van der Waals surface area contributed by atoms with Crippen molar-refractivity contribution in [3.05, 3.63) is 29.8 Å². The summed E-state index contributed by atoms with van der Waals surface area (Å²) in [6.07, 6.45) is 1.18. The Hall–Kier alpha value is -2.57. The SMILES string of the molecule is CCC[C@H](NC(=O)CNC(=O)Nc1ccc(C)cc1)C(=O)OC(C)(C)C. The molecule has 7 heteroatoms. The Kier molecular flexibility index (Phi) is 8.09. The first-order valence-corrected chi connectivity index (χ1v) is 8.74. The fourth-order valence-corrected chi connectivity index (χ4v) is 2.13. The summed E-state index contributed by atoms with van der Waals surface area (Å²) < 4.78 is 5.31. The molecular weight excluding hydrogens is 334 g/mol. The normalized spacial score (nSPS) is 12.0. The second-order valence-electron chi connectivity index (χ2n) is 7.12. The van der Waals surface area contributed by atoms with Gasteiger partial charge in [0.25, 0.3) is 0 Å². The Morgan fingerprint density at radius 3 is 2.27 bits per heavy atom. The Morgan fingerprint density at radius 2 is 1.73 bits per heavy atom. The molecule has 0 saturated carbocycles. The van der Waals surface area contributed by atoms with Crippen molar-refractivity contribution in [1.29, 1.82) is 0 Å². The van der Waals surface area contributed by atoms with E-state index in [4.69, 9.17) is 4.74 Å². The van der Waals surface area contributed by atoms with Gasteiger partial charge in [-0.1, -0.05) is 31.0 Å². The van der Waals surface area contributed by atoms with Crippen molar-refractivity contribution in [2.24, 2.45) is 0 Å². The molecule has 7 nitrogen and oxygen atoms in total. The highest BCUT2D eigenvalue weighted by molar-refractivity contribution is 5.93. The lowest BCUT2D eigenvalue weighted by atomic mass is 10.1. The average Bonchev–Trinajstić information content (AvgIpc) is 2.53. The number of carbonyl (C=O) groups excluding carboxylic acids is 3. The number of urea groups is 1. The standard InChI is InChI=1S/C19H29N3O4/c1-6-7-15(17(24)26-19(3,4)5)22-16(23)12-20-18(25)21-14-10-8-13(2)9-11-14/h8-11,15H,6-7,12H2,1-5H3,(H,22,23)(H2,20,21,25)/t15-/m0/s1. The van der Waals surface area contributed by atoms with Crippen LogP contribution in [0, 0.1) is 6.92 Å². The number of rotatable bonds is 7. The molecule has 1 aromatic rings. The number of carbonyl (C=O) groups is 3. The third-order valence-corrected chi connectivity index (χ3v) is 3.32.